The third kappa shape index (κ3) is 7.03. The minimum Gasteiger partial charge on any atom is -0.310 e. The summed E-state index contributed by atoms with van der Waals surface area (Å²) >= 11 is 11.6. The van der Waals surface area contributed by atoms with Crippen LogP contribution >= 0.6 is 39.3 Å². The summed E-state index contributed by atoms with van der Waals surface area (Å²) in [6, 6.07) is 6.40. The maximum Gasteiger partial charge on any atom is 0.0464 e. The number of benzene rings is 1. The van der Waals surface area contributed by atoms with Crippen LogP contribution in [0.25, 0.3) is 0 Å². The molecule has 0 aromatic heterocycles. The molecule has 0 aliphatic heterocycles. The molecular formula is C15H23BrClNS. The highest BCUT2D eigenvalue weighted by Crippen LogP contribution is 2.26. The summed E-state index contributed by atoms with van der Waals surface area (Å²) in [4.78, 5) is 0. The van der Waals surface area contributed by atoms with Gasteiger partial charge in [-0.2, -0.15) is 11.8 Å². The summed E-state index contributed by atoms with van der Waals surface area (Å²) in [5.74, 6) is 1.29. The largest absolute Gasteiger partial charge is 0.310 e. The molecule has 108 valence electrons. The molecule has 0 heterocycles. The van der Waals surface area contributed by atoms with Crippen LogP contribution in [-0.2, 0) is 0 Å². The van der Waals surface area contributed by atoms with Crippen molar-refractivity contribution in [3.8, 4) is 0 Å². The smallest absolute Gasteiger partial charge is 0.0464 e. The molecule has 0 saturated carbocycles. The number of hydrogen-bond acceptors (Lipinski definition) is 2. The summed E-state index contributed by atoms with van der Waals surface area (Å²) in [6.45, 7) is 3.23. The lowest BCUT2D eigenvalue weighted by Gasteiger charge is -2.16. The standard InChI is InChI=1S/C15H23BrClNS/c1-12(14-8-7-13(16)11-15(14)17)18-9-5-3-4-6-10-19-2/h7-8,11-12,18H,3-6,9-10H2,1-2H3. The van der Waals surface area contributed by atoms with E-state index in [2.05, 4.69) is 40.5 Å². The predicted octanol–water partition coefficient (Wildman–Crippen LogP) is 5.68. The maximum absolute atomic E-state index is 6.25. The fourth-order valence-electron chi connectivity index (χ4n) is 2.01. The Morgan fingerprint density at radius 3 is 2.68 bits per heavy atom. The van der Waals surface area contributed by atoms with Crippen LogP contribution in [0.5, 0.6) is 0 Å². The lowest BCUT2D eigenvalue weighted by atomic mass is 10.1. The van der Waals surface area contributed by atoms with E-state index in [0.717, 1.165) is 16.0 Å². The van der Waals surface area contributed by atoms with Crippen LogP contribution in [0.4, 0.5) is 0 Å². The van der Waals surface area contributed by atoms with Gasteiger partial charge in [0.1, 0.15) is 0 Å². The van der Waals surface area contributed by atoms with Crippen LogP contribution < -0.4 is 5.32 Å². The number of unbranched alkanes of at least 4 members (excludes halogenated alkanes) is 3. The van der Waals surface area contributed by atoms with E-state index in [9.17, 15) is 0 Å². The van der Waals surface area contributed by atoms with Gasteiger partial charge in [0.25, 0.3) is 0 Å². The van der Waals surface area contributed by atoms with Crippen molar-refractivity contribution < 1.29 is 0 Å². The first-order valence-corrected chi connectivity index (χ1v) is 9.39. The van der Waals surface area contributed by atoms with Crippen LogP contribution in [0.2, 0.25) is 5.02 Å². The minimum atomic E-state index is 0.312. The summed E-state index contributed by atoms with van der Waals surface area (Å²) in [6.07, 6.45) is 7.41. The van der Waals surface area contributed by atoms with Crippen molar-refractivity contribution in [2.75, 3.05) is 18.6 Å². The Balaban J connectivity index is 2.22. The highest BCUT2D eigenvalue weighted by molar-refractivity contribution is 9.10. The van der Waals surface area contributed by atoms with Gasteiger partial charge >= 0.3 is 0 Å². The van der Waals surface area contributed by atoms with Crippen LogP contribution in [0.3, 0.4) is 0 Å². The number of rotatable bonds is 9. The summed E-state index contributed by atoms with van der Waals surface area (Å²) in [7, 11) is 0. The number of halogens is 2. The van der Waals surface area contributed by atoms with Gasteiger partial charge < -0.3 is 5.32 Å². The molecule has 1 unspecified atom stereocenters. The highest BCUT2D eigenvalue weighted by atomic mass is 79.9. The van der Waals surface area contributed by atoms with Gasteiger partial charge in [-0.25, -0.2) is 0 Å². The molecule has 0 saturated heterocycles. The minimum absolute atomic E-state index is 0.312. The van der Waals surface area contributed by atoms with Crippen molar-refractivity contribution in [2.45, 2.75) is 38.6 Å². The van der Waals surface area contributed by atoms with Crippen molar-refractivity contribution in [1.29, 1.82) is 0 Å². The molecule has 1 aromatic carbocycles. The van der Waals surface area contributed by atoms with Crippen molar-refractivity contribution in [2.24, 2.45) is 0 Å². The van der Waals surface area contributed by atoms with E-state index in [1.54, 1.807) is 0 Å². The third-order valence-electron chi connectivity index (χ3n) is 3.15. The monoisotopic (exact) mass is 363 g/mol. The number of hydrogen-bond donors (Lipinski definition) is 1. The molecule has 0 fully saturated rings. The highest BCUT2D eigenvalue weighted by Gasteiger charge is 2.08. The molecule has 0 spiro atoms. The topological polar surface area (TPSA) is 12.0 Å². The van der Waals surface area contributed by atoms with Crippen molar-refractivity contribution in [1.82, 2.24) is 5.32 Å². The van der Waals surface area contributed by atoms with Crippen molar-refractivity contribution >= 4 is 39.3 Å². The van der Waals surface area contributed by atoms with E-state index < -0.39 is 0 Å². The average molecular weight is 365 g/mol. The lowest BCUT2D eigenvalue weighted by molar-refractivity contribution is 0.537. The first-order valence-electron chi connectivity index (χ1n) is 6.82. The van der Waals surface area contributed by atoms with Gasteiger partial charge in [-0.15, -0.1) is 0 Å². The molecule has 0 amide bonds. The maximum atomic E-state index is 6.25. The molecule has 1 N–H and O–H groups in total. The molecule has 0 aliphatic carbocycles. The quantitative estimate of drug-likeness (QED) is 0.566. The SMILES string of the molecule is CSCCCCCCNC(C)c1ccc(Br)cc1Cl. The number of nitrogens with one attached hydrogen (secondary N) is 1. The van der Waals surface area contributed by atoms with E-state index in [1.165, 1.54) is 37.0 Å². The van der Waals surface area contributed by atoms with Crippen molar-refractivity contribution in [3.05, 3.63) is 33.3 Å². The van der Waals surface area contributed by atoms with Gasteiger partial charge in [-0.1, -0.05) is 46.4 Å². The molecule has 1 atom stereocenters. The molecule has 4 heteroatoms. The zero-order valence-electron chi connectivity index (χ0n) is 11.7. The van der Waals surface area contributed by atoms with Crippen LogP contribution in [0.15, 0.2) is 22.7 Å². The number of thioether (sulfide) groups is 1. The van der Waals surface area contributed by atoms with E-state index in [-0.39, 0.29) is 0 Å². The fraction of sp³-hybridized carbons (Fsp3) is 0.600. The molecule has 1 nitrogen and oxygen atoms in total. The summed E-state index contributed by atoms with van der Waals surface area (Å²) < 4.78 is 1.03. The second-order valence-corrected chi connectivity index (χ2v) is 7.06. The van der Waals surface area contributed by atoms with Gasteiger partial charge in [0, 0.05) is 15.5 Å². The molecule has 0 aliphatic rings. The lowest BCUT2D eigenvalue weighted by Crippen LogP contribution is -2.20. The first-order chi connectivity index (χ1) is 9.15. The molecule has 19 heavy (non-hydrogen) atoms. The zero-order chi connectivity index (χ0) is 14.1. The Labute approximate surface area is 135 Å². The van der Waals surface area contributed by atoms with Crippen LogP contribution in [0.1, 0.15) is 44.2 Å². The Kier molecular flexibility index (Phi) is 9.21. The van der Waals surface area contributed by atoms with Gasteiger partial charge in [-0.05, 0) is 56.0 Å². The molecule has 0 radical (unpaired) electrons. The molecular weight excluding hydrogens is 342 g/mol. The fourth-order valence-corrected chi connectivity index (χ4v) is 3.34. The second kappa shape index (κ2) is 10.1. The Bertz CT molecular complexity index is 373. The average Bonchev–Trinajstić information content (AvgIpc) is 2.37. The van der Waals surface area contributed by atoms with Crippen molar-refractivity contribution in [3.63, 3.8) is 0 Å². The van der Waals surface area contributed by atoms with Gasteiger partial charge in [-0.3, -0.25) is 0 Å². The van der Waals surface area contributed by atoms with E-state index >= 15 is 0 Å². The van der Waals surface area contributed by atoms with E-state index in [0.29, 0.717) is 6.04 Å². The van der Waals surface area contributed by atoms with Gasteiger partial charge in [0.2, 0.25) is 0 Å². The zero-order valence-corrected chi connectivity index (χ0v) is 14.9. The first kappa shape index (κ1) is 17.4. The van der Waals surface area contributed by atoms with Gasteiger partial charge in [0.05, 0.1) is 0 Å². The van der Waals surface area contributed by atoms with E-state index in [1.807, 2.05) is 23.9 Å². The Hall–Kier alpha value is 0.300. The molecule has 1 rings (SSSR count). The van der Waals surface area contributed by atoms with Gasteiger partial charge in [0.15, 0.2) is 0 Å². The molecule has 0 bridgehead atoms. The van der Waals surface area contributed by atoms with Crippen LogP contribution in [0, 0.1) is 0 Å². The summed E-state index contributed by atoms with van der Waals surface area (Å²) in [5, 5.41) is 4.37. The molecule has 1 aromatic rings. The normalized spacial score (nSPS) is 12.6. The van der Waals surface area contributed by atoms with Crippen LogP contribution in [-0.4, -0.2) is 18.6 Å². The Morgan fingerprint density at radius 2 is 2.00 bits per heavy atom. The third-order valence-corrected chi connectivity index (χ3v) is 4.67. The second-order valence-electron chi connectivity index (χ2n) is 4.75. The van der Waals surface area contributed by atoms with E-state index in [4.69, 9.17) is 11.6 Å². The predicted molar refractivity (Wildman–Crippen MR) is 92.4 cm³/mol. The summed E-state index contributed by atoms with van der Waals surface area (Å²) in [5.41, 5.74) is 1.17. The Morgan fingerprint density at radius 1 is 1.26 bits per heavy atom.